The molecule has 5 rings (SSSR count). The number of hydrogen-bond donors (Lipinski definition) is 1. The number of ether oxygens (including phenoxy) is 2. The molecule has 9 nitrogen and oxygen atoms in total. The van der Waals surface area contributed by atoms with Crippen molar-refractivity contribution in [2.75, 3.05) is 51.8 Å². The molecular weight excluding hydrogens is 490 g/mol. The van der Waals surface area contributed by atoms with Gasteiger partial charge in [0.2, 0.25) is 5.91 Å². The van der Waals surface area contributed by atoms with E-state index in [2.05, 4.69) is 10.3 Å². The summed E-state index contributed by atoms with van der Waals surface area (Å²) in [5, 5.41) is 3.34. The first kappa shape index (κ1) is 24.7. The SMILES string of the molecule is CN(C)CCNC(=O)CN(C(=O)c1ccc2c(c1)OCCO2)c1nc2ccc(-c3ccncc3)cc2s1. The van der Waals surface area contributed by atoms with Gasteiger partial charge in [0.15, 0.2) is 16.6 Å². The van der Waals surface area contributed by atoms with Gasteiger partial charge in [-0.25, -0.2) is 4.98 Å². The van der Waals surface area contributed by atoms with Crippen LogP contribution in [0.15, 0.2) is 60.9 Å². The first-order valence-corrected chi connectivity index (χ1v) is 12.7. The topological polar surface area (TPSA) is 96.9 Å². The molecule has 2 amide bonds. The van der Waals surface area contributed by atoms with Gasteiger partial charge in [0, 0.05) is 31.0 Å². The Hall–Kier alpha value is -4.02. The minimum Gasteiger partial charge on any atom is -0.486 e. The second-order valence-corrected chi connectivity index (χ2v) is 9.83. The summed E-state index contributed by atoms with van der Waals surface area (Å²) in [5.41, 5.74) is 3.21. The Balaban J connectivity index is 1.46. The summed E-state index contributed by atoms with van der Waals surface area (Å²) in [6.07, 6.45) is 3.50. The van der Waals surface area contributed by atoms with E-state index >= 15 is 0 Å². The molecule has 0 fully saturated rings. The number of hydrogen-bond acceptors (Lipinski definition) is 8. The monoisotopic (exact) mass is 517 g/mol. The third-order valence-corrected chi connectivity index (χ3v) is 6.88. The number of carbonyl (C=O) groups is 2. The fourth-order valence-corrected chi connectivity index (χ4v) is 4.93. The predicted octanol–water partition coefficient (Wildman–Crippen LogP) is 3.45. The summed E-state index contributed by atoms with van der Waals surface area (Å²) >= 11 is 1.37. The van der Waals surface area contributed by atoms with Crippen LogP contribution in [0.2, 0.25) is 0 Å². The highest BCUT2D eigenvalue weighted by Gasteiger charge is 2.25. The number of benzene rings is 2. The van der Waals surface area contributed by atoms with Gasteiger partial charge in [-0.3, -0.25) is 19.5 Å². The van der Waals surface area contributed by atoms with E-state index in [-0.39, 0.29) is 18.4 Å². The Morgan fingerprint density at radius 2 is 1.76 bits per heavy atom. The highest BCUT2D eigenvalue weighted by atomic mass is 32.1. The smallest absolute Gasteiger partial charge is 0.260 e. The fourth-order valence-electron chi connectivity index (χ4n) is 3.93. The third-order valence-electron chi connectivity index (χ3n) is 5.84. The molecule has 4 aromatic rings. The highest BCUT2D eigenvalue weighted by molar-refractivity contribution is 7.22. The van der Waals surface area contributed by atoms with Gasteiger partial charge in [0.05, 0.1) is 10.2 Å². The first-order chi connectivity index (χ1) is 18.0. The number of rotatable bonds is 8. The van der Waals surface area contributed by atoms with E-state index in [0.717, 1.165) is 21.3 Å². The molecule has 1 aliphatic rings. The van der Waals surface area contributed by atoms with Crippen molar-refractivity contribution in [3.63, 3.8) is 0 Å². The van der Waals surface area contributed by atoms with E-state index < -0.39 is 0 Å². The molecular formula is C27H27N5O4S. The number of nitrogens with one attached hydrogen (secondary N) is 1. The summed E-state index contributed by atoms with van der Waals surface area (Å²) in [6.45, 7) is 1.90. The summed E-state index contributed by atoms with van der Waals surface area (Å²) in [4.78, 5) is 38.7. The molecule has 0 saturated heterocycles. The number of thiazole rings is 1. The number of amides is 2. The van der Waals surface area contributed by atoms with E-state index in [1.807, 2.05) is 49.3 Å². The summed E-state index contributed by atoms with van der Waals surface area (Å²) in [6, 6.07) is 14.9. The number of fused-ring (bicyclic) bond motifs is 2. The maximum Gasteiger partial charge on any atom is 0.260 e. The summed E-state index contributed by atoms with van der Waals surface area (Å²) < 4.78 is 12.2. The first-order valence-electron chi connectivity index (χ1n) is 11.9. The molecule has 37 heavy (non-hydrogen) atoms. The zero-order valence-electron chi connectivity index (χ0n) is 20.6. The fraction of sp³-hybridized carbons (Fsp3) is 0.259. The Morgan fingerprint density at radius 1 is 0.973 bits per heavy atom. The molecule has 3 heterocycles. The summed E-state index contributed by atoms with van der Waals surface area (Å²) in [7, 11) is 3.87. The predicted molar refractivity (Wildman–Crippen MR) is 144 cm³/mol. The van der Waals surface area contributed by atoms with Gasteiger partial charge < -0.3 is 19.7 Å². The summed E-state index contributed by atoms with van der Waals surface area (Å²) in [5.74, 6) is 0.510. The molecule has 2 aromatic carbocycles. The van der Waals surface area contributed by atoms with E-state index in [1.165, 1.54) is 16.2 Å². The van der Waals surface area contributed by atoms with Crippen LogP contribution in [0.5, 0.6) is 11.5 Å². The molecule has 0 aliphatic carbocycles. The number of likely N-dealkylation sites (N-methyl/N-ethyl adjacent to an activating group) is 1. The lowest BCUT2D eigenvalue weighted by Crippen LogP contribution is -2.42. The number of anilines is 1. The second kappa shape index (κ2) is 10.9. The minimum atomic E-state index is -0.340. The van der Waals surface area contributed by atoms with Crippen LogP contribution in [0.3, 0.4) is 0 Å². The Labute approximate surface area is 218 Å². The van der Waals surface area contributed by atoms with Crippen molar-refractivity contribution < 1.29 is 19.1 Å². The van der Waals surface area contributed by atoms with Gasteiger partial charge in [-0.2, -0.15) is 0 Å². The normalized spacial score (nSPS) is 12.5. The molecule has 0 bridgehead atoms. The van der Waals surface area contributed by atoms with Crippen molar-refractivity contribution in [3.8, 4) is 22.6 Å². The molecule has 2 aromatic heterocycles. The lowest BCUT2D eigenvalue weighted by Gasteiger charge is -2.22. The number of carbonyl (C=O) groups excluding carboxylic acids is 2. The van der Waals surface area contributed by atoms with Crippen molar-refractivity contribution in [1.29, 1.82) is 0 Å². The maximum atomic E-state index is 13.7. The average molecular weight is 518 g/mol. The van der Waals surface area contributed by atoms with Gasteiger partial charge >= 0.3 is 0 Å². The molecule has 0 saturated carbocycles. The number of pyridine rings is 1. The van der Waals surface area contributed by atoms with Gasteiger partial charge in [0.25, 0.3) is 5.91 Å². The number of aromatic nitrogens is 2. The van der Waals surface area contributed by atoms with Crippen LogP contribution in [0.4, 0.5) is 5.13 Å². The molecule has 0 spiro atoms. The Morgan fingerprint density at radius 3 is 2.54 bits per heavy atom. The van der Waals surface area contributed by atoms with Gasteiger partial charge in [0.1, 0.15) is 19.8 Å². The quantitative estimate of drug-likeness (QED) is 0.382. The van der Waals surface area contributed by atoms with E-state index in [9.17, 15) is 9.59 Å². The van der Waals surface area contributed by atoms with Crippen LogP contribution < -0.4 is 19.7 Å². The lowest BCUT2D eigenvalue weighted by atomic mass is 10.1. The molecule has 1 N–H and O–H groups in total. The van der Waals surface area contributed by atoms with Crippen molar-refractivity contribution in [2.24, 2.45) is 0 Å². The van der Waals surface area contributed by atoms with Crippen molar-refractivity contribution in [3.05, 3.63) is 66.5 Å². The van der Waals surface area contributed by atoms with Crippen molar-refractivity contribution in [1.82, 2.24) is 20.2 Å². The van der Waals surface area contributed by atoms with Crippen molar-refractivity contribution in [2.45, 2.75) is 0 Å². The molecule has 190 valence electrons. The van der Waals surface area contributed by atoms with Crippen LogP contribution >= 0.6 is 11.3 Å². The van der Waals surface area contributed by atoms with Crippen LogP contribution in [-0.4, -0.2) is 73.6 Å². The molecule has 0 unspecified atom stereocenters. The zero-order valence-corrected chi connectivity index (χ0v) is 21.5. The van der Waals surface area contributed by atoms with E-state index in [0.29, 0.717) is 48.5 Å². The second-order valence-electron chi connectivity index (χ2n) is 8.82. The average Bonchev–Trinajstić information content (AvgIpc) is 3.34. The Kier molecular flexibility index (Phi) is 7.29. The standard InChI is InChI=1S/C27H27N5O4S/c1-31(2)12-11-29-25(33)17-32(26(34)20-4-6-22-23(15-20)36-14-13-35-22)27-30-21-5-3-19(16-24(21)37-27)18-7-9-28-10-8-18/h3-10,15-16H,11-14,17H2,1-2H3,(H,29,33). The molecule has 1 aliphatic heterocycles. The molecule has 0 atom stereocenters. The van der Waals surface area contributed by atoms with Gasteiger partial charge in [-0.05, 0) is 67.7 Å². The van der Waals surface area contributed by atoms with Gasteiger partial charge in [-0.15, -0.1) is 0 Å². The third kappa shape index (κ3) is 5.71. The van der Waals surface area contributed by atoms with Crippen LogP contribution in [0.1, 0.15) is 10.4 Å². The van der Waals surface area contributed by atoms with Gasteiger partial charge in [-0.1, -0.05) is 17.4 Å². The van der Waals surface area contributed by atoms with Crippen molar-refractivity contribution >= 4 is 38.5 Å². The minimum absolute atomic E-state index is 0.155. The van der Waals surface area contributed by atoms with E-state index in [4.69, 9.17) is 14.5 Å². The largest absolute Gasteiger partial charge is 0.486 e. The van der Waals surface area contributed by atoms with Crippen LogP contribution in [-0.2, 0) is 4.79 Å². The zero-order chi connectivity index (χ0) is 25.8. The lowest BCUT2D eigenvalue weighted by molar-refractivity contribution is -0.119. The van der Waals surface area contributed by atoms with E-state index in [1.54, 1.807) is 30.6 Å². The highest BCUT2D eigenvalue weighted by Crippen LogP contribution is 2.35. The maximum absolute atomic E-state index is 13.7. The Bertz CT molecular complexity index is 1420. The molecule has 10 heteroatoms. The number of nitrogens with zero attached hydrogens (tertiary/aromatic N) is 4. The van der Waals surface area contributed by atoms with Crippen LogP contribution in [0.25, 0.3) is 21.3 Å². The molecule has 0 radical (unpaired) electrons. The van der Waals surface area contributed by atoms with Crippen LogP contribution in [0, 0.1) is 0 Å².